The van der Waals surface area contributed by atoms with Crippen LogP contribution >= 0.6 is 0 Å². The van der Waals surface area contributed by atoms with Crippen LogP contribution in [0.5, 0.6) is 0 Å². The summed E-state index contributed by atoms with van der Waals surface area (Å²) in [4.78, 5) is 0. The Morgan fingerprint density at radius 1 is 0.345 bits per heavy atom. The lowest BCUT2D eigenvalue weighted by molar-refractivity contribution is -0.660. The van der Waals surface area contributed by atoms with Crippen LogP contribution in [0.25, 0.3) is 176 Å². The van der Waals surface area contributed by atoms with Gasteiger partial charge in [0, 0.05) is 125 Å². The van der Waals surface area contributed by atoms with Gasteiger partial charge >= 0.3 is 0 Å². The van der Waals surface area contributed by atoms with Crippen molar-refractivity contribution in [1.82, 2.24) is 0 Å². The normalized spacial score (nSPS) is 15.8. The van der Waals surface area contributed by atoms with E-state index in [4.69, 9.17) is 28.6 Å². The monoisotopic (exact) mass is 1520 g/mol. The van der Waals surface area contributed by atoms with Crippen molar-refractivity contribution < 1.29 is 46.9 Å². The third kappa shape index (κ3) is 13.4. The molecule has 0 aliphatic heterocycles. The van der Waals surface area contributed by atoms with Gasteiger partial charge < -0.3 is 17.7 Å². The maximum absolute atomic E-state index is 9.13. The highest BCUT2D eigenvalue weighted by Gasteiger charge is 2.27. The molecule has 0 saturated heterocycles. The summed E-state index contributed by atoms with van der Waals surface area (Å²) in [6, 6.07) is 83.8. The Hall–Kier alpha value is -12.5. The molecule has 8 heteroatoms. The second-order valence-electron chi connectivity index (χ2n) is 32.2. The molecule has 8 nitrogen and oxygen atoms in total. The first-order chi connectivity index (χ1) is 59.5. The minimum Gasteiger partial charge on any atom is -0.456 e. The molecule has 8 aromatic heterocycles. The number of fused-ring (bicyclic) bond motifs is 20. The predicted molar refractivity (Wildman–Crippen MR) is 481 cm³/mol. The number of benzene rings is 12. The van der Waals surface area contributed by atoms with Crippen LogP contribution < -0.4 is 18.3 Å². The van der Waals surface area contributed by atoms with E-state index in [1.54, 1.807) is 13.0 Å². The molecule has 0 radical (unpaired) electrons. The molecule has 1 unspecified atom stereocenters. The number of aromatic nitrogens is 4. The zero-order chi connectivity index (χ0) is 86.2. The molecule has 2 aliphatic carbocycles. The quantitative estimate of drug-likeness (QED) is 0.142. The molecule has 1 atom stereocenters. The van der Waals surface area contributed by atoms with E-state index in [0.29, 0.717) is 11.1 Å². The number of aryl methyl sites for hydroxylation is 9. The lowest BCUT2D eigenvalue weighted by Crippen LogP contribution is -2.31. The molecular weight excluding hydrogens is 1420 g/mol. The largest absolute Gasteiger partial charge is 0.456 e. The Labute approximate surface area is 689 Å². The smallest absolute Gasteiger partial charge is 0.212 e. The van der Waals surface area contributed by atoms with Gasteiger partial charge in [0.05, 0.1) is 0 Å². The van der Waals surface area contributed by atoms with E-state index < -0.39 is 30.9 Å². The molecule has 22 rings (SSSR count). The van der Waals surface area contributed by atoms with Gasteiger partial charge in [-0.3, -0.25) is 0 Å². The average Bonchev–Trinajstić information content (AvgIpc) is 1.57. The van der Waals surface area contributed by atoms with Crippen LogP contribution in [0.2, 0.25) is 0 Å². The molecule has 572 valence electrons. The second-order valence-corrected chi connectivity index (χ2v) is 32.2. The maximum atomic E-state index is 9.13. The van der Waals surface area contributed by atoms with E-state index >= 15 is 0 Å². The first-order valence-corrected chi connectivity index (χ1v) is 40.9. The van der Waals surface area contributed by atoms with Gasteiger partial charge in [-0.1, -0.05) is 174 Å². The zero-order valence-electron chi connectivity index (χ0n) is 75.7. The second kappa shape index (κ2) is 30.3. The van der Waals surface area contributed by atoms with Crippen LogP contribution in [0.3, 0.4) is 0 Å². The van der Waals surface area contributed by atoms with Crippen LogP contribution in [0.15, 0.2) is 285 Å². The number of nitrogens with zero attached hydrogens (tertiary/aromatic N) is 4. The van der Waals surface area contributed by atoms with Crippen molar-refractivity contribution in [2.45, 2.75) is 130 Å². The first-order valence-electron chi connectivity index (χ1n) is 44.9. The summed E-state index contributed by atoms with van der Waals surface area (Å²) in [7, 11) is 8.12. The summed E-state index contributed by atoms with van der Waals surface area (Å²) >= 11 is 0. The summed E-state index contributed by atoms with van der Waals surface area (Å²) in [6.45, 7) is 9.03. The Bertz CT molecular complexity index is 7700. The summed E-state index contributed by atoms with van der Waals surface area (Å²) in [5.41, 5.74) is 23.7. The van der Waals surface area contributed by atoms with Gasteiger partial charge in [0.25, 0.3) is 0 Å². The average molecular weight is 1530 g/mol. The number of hydrogen-bond donors (Lipinski definition) is 0. The van der Waals surface area contributed by atoms with Crippen molar-refractivity contribution in [2.75, 3.05) is 0 Å². The van der Waals surface area contributed by atoms with Gasteiger partial charge in [-0.05, 0) is 238 Å². The van der Waals surface area contributed by atoms with E-state index in [0.717, 1.165) is 195 Å². The zero-order valence-corrected chi connectivity index (χ0v) is 67.7. The highest BCUT2D eigenvalue weighted by atomic mass is 16.3. The molecule has 0 spiro atoms. The lowest BCUT2D eigenvalue weighted by atomic mass is 9.84. The van der Waals surface area contributed by atoms with Crippen molar-refractivity contribution in [1.29, 1.82) is 0 Å². The first kappa shape index (κ1) is 64.8. The third-order valence-electron chi connectivity index (χ3n) is 24.7. The molecule has 2 saturated carbocycles. The van der Waals surface area contributed by atoms with Gasteiger partial charge in [-0.2, -0.15) is 0 Å². The Kier molecular flexibility index (Phi) is 17.0. The van der Waals surface area contributed by atoms with Crippen LogP contribution in [-0.2, 0) is 34.6 Å². The molecule has 2 fully saturated rings. The molecule has 116 heavy (non-hydrogen) atoms. The number of rotatable bonds is 8. The van der Waals surface area contributed by atoms with E-state index in [2.05, 4.69) is 244 Å². The summed E-state index contributed by atoms with van der Waals surface area (Å²) < 4.78 is 99.5. The van der Waals surface area contributed by atoms with Gasteiger partial charge in [0.2, 0.25) is 22.8 Å². The van der Waals surface area contributed by atoms with E-state index in [-0.39, 0.29) is 0 Å². The molecule has 20 aromatic rings. The molecule has 0 bridgehead atoms. The topological polar surface area (TPSA) is 68.1 Å². The number of furan rings is 4. The summed E-state index contributed by atoms with van der Waals surface area (Å²) in [5, 5.41) is 18.5. The SMILES string of the molecule is [2H]C([2H])(C)c1cc[n+](C)c(-c2cc3c(cc2C)oc2ccc4ccccc4c23)c1.[2H]C([2H])([2H])C([2H])(C)c1cc[n+](C)c(-c2cc3c(cc2C)oc2ccc4ccccc4c23)c1.[2H]C1(c2cc[n+](C)c(-c3cc4c(cc3C)oc3ccc5ccccc5c34)c2)CCCC1.[2H]C1(c2cc[n+](C)c(-c3cc4c(cc3C)oc3ccc5ccccc5c34)c2)CCCCC1. The number of hydrogen-bond acceptors (Lipinski definition) is 4. The highest BCUT2D eigenvalue weighted by molar-refractivity contribution is 6.23. The van der Waals surface area contributed by atoms with E-state index in [9.17, 15) is 0 Å². The minimum atomic E-state index is -2.43. The van der Waals surface area contributed by atoms with E-state index in [1.807, 2.05) is 91.1 Å². The lowest BCUT2D eigenvalue weighted by Gasteiger charge is -2.21. The summed E-state index contributed by atoms with van der Waals surface area (Å²) in [6.07, 6.45) is 16.3. The molecule has 8 heterocycles. The fraction of sp³-hybridized carbons (Fsp3) is 0.222. The Morgan fingerprint density at radius 2 is 0.647 bits per heavy atom. The molecule has 0 N–H and O–H groups in total. The predicted octanol–water partition coefficient (Wildman–Crippen LogP) is 27.5. The standard InChI is InChI=1S/C29H28NO.C28H26NO.C26H24NO.C25H22NO/c1-19-16-28-25(29-23-11-7-6-10-21(23)12-13-27(29)31-28)18-24(19)26-17-22(14-15-30(26)2)20-8-4-3-5-9-20;1-18-15-27-24(28-22-10-6-5-9-20(22)11-12-26(28)30-27)17-23(18)25-16-21(13-14-29(25)2)19-7-3-4-8-19;1-16(2)19-11-12-27(4)23(14-19)21-15-22-25(13-17(21)3)28-24-10-9-18-7-5-6-8-20(18)26(22)24;1-4-17-11-12-26(3)22(14-17)20-15-21-24(13-16(20)2)27-23-10-9-18-7-5-6-8-19(18)25(21)23/h6-7,10-18,20H,3-5,8-9H2,1-2H3;5-6,9-17,19H,3-4,7-8H2,1-2H3;5-16H,1-4H3;5-15H,4H2,1-3H3/q4*+1/i20D;19D;1D3,16D;4D2. The van der Waals surface area contributed by atoms with Crippen LogP contribution in [0, 0.1) is 27.7 Å². The van der Waals surface area contributed by atoms with Crippen molar-refractivity contribution in [3.8, 4) is 45.0 Å². The van der Waals surface area contributed by atoms with Gasteiger partial charge in [-0.25, -0.2) is 18.3 Å². The van der Waals surface area contributed by atoms with Crippen LogP contribution in [0.4, 0.5) is 0 Å². The molecule has 0 amide bonds. The van der Waals surface area contributed by atoms with E-state index in [1.165, 1.54) is 78.7 Å². The van der Waals surface area contributed by atoms with Crippen molar-refractivity contribution >= 4 is 131 Å². The Morgan fingerprint density at radius 3 is 0.983 bits per heavy atom. The van der Waals surface area contributed by atoms with Crippen molar-refractivity contribution in [3.05, 3.63) is 312 Å². The fourth-order valence-electron chi connectivity index (χ4n) is 18.4. The molecule has 12 aromatic carbocycles. The maximum Gasteiger partial charge on any atom is 0.212 e. The fourth-order valence-corrected chi connectivity index (χ4v) is 18.4. The number of pyridine rings is 4. The van der Waals surface area contributed by atoms with Crippen molar-refractivity contribution in [3.63, 3.8) is 0 Å². The van der Waals surface area contributed by atoms with Gasteiger partial charge in [0.1, 0.15) is 72.9 Å². The third-order valence-corrected chi connectivity index (χ3v) is 24.7. The minimum absolute atomic E-state index is 0.445. The van der Waals surface area contributed by atoms with Gasteiger partial charge in [0.15, 0.2) is 24.8 Å². The summed E-state index contributed by atoms with van der Waals surface area (Å²) in [5.74, 6) is -2.61. The Balaban J connectivity index is 0.000000108. The molecular formula is C108H100N4O4+4. The molecule has 2 aliphatic rings. The highest BCUT2D eigenvalue weighted by Crippen LogP contribution is 2.45. The van der Waals surface area contributed by atoms with Crippen LogP contribution in [0.1, 0.15) is 152 Å². The van der Waals surface area contributed by atoms with Crippen LogP contribution in [-0.4, -0.2) is 0 Å². The van der Waals surface area contributed by atoms with Crippen molar-refractivity contribution in [2.24, 2.45) is 28.2 Å². The van der Waals surface area contributed by atoms with Gasteiger partial charge in [-0.15, -0.1) is 0 Å².